The van der Waals surface area contributed by atoms with Crippen LogP contribution in [0.5, 0.6) is 5.75 Å². The molecule has 0 saturated carbocycles. The number of likely N-dealkylation sites (tertiary alicyclic amines) is 2. The zero-order valence-electron chi connectivity index (χ0n) is 19.3. The number of hydrogen-bond donors (Lipinski definition) is 1. The van der Waals surface area contributed by atoms with Crippen molar-refractivity contribution in [3.05, 3.63) is 60.8 Å². The first-order valence-corrected chi connectivity index (χ1v) is 11.6. The van der Waals surface area contributed by atoms with Gasteiger partial charge in [0.15, 0.2) is 5.75 Å². The van der Waals surface area contributed by atoms with Crippen molar-refractivity contribution >= 4 is 17.4 Å². The minimum atomic E-state index is -0.195. The number of anilines is 2. The molecule has 1 atom stereocenters. The fraction of sp³-hybridized carbons (Fsp3) is 0.360. The molecular weight excluding hydrogens is 430 g/mol. The summed E-state index contributed by atoms with van der Waals surface area (Å²) in [4.78, 5) is 25.3. The number of nitrogens with one attached hydrogen (secondary N) is 1. The van der Waals surface area contributed by atoms with Crippen molar-refractivity contribution < 1.29 is 9.53 Å². The molecule has 174 valence electrons. The highest BCUT2D eigenvalue weighted by Gasteiger charge is 2.41. The van der Waals surface area contributed by atoms with Gasteiger partial charge in [-0.3, -0.25) is 19.4 Å². The Kier molecular flexibility index (Phi) is 4.88. The Labute approximate surface area is 198 Å². The Morgan fingerprint density at radius 1 is 1.24 bits per heavy atom. The van der Waals surface area contributed by atoms with Gasteiger partial charge in [-0.05, 0) is 30.7 Å². The van der Waals surface area contributed by atoms with Gasteiger partial charge in [0.25, 0.3) is 0 Å². The standard InChI is InChI=1S/C25H27N7O2/c1-4-23(33)32-13-18(14-32)31-11-17(12-31)20-7-21-22(9-27-20)34-15(2)24-19(5-6-26-25(24)29-21)16-8-28-30(3)10-16/h4-10,15,17-18H,1,11-14H2,2-3H3,(H,26,29)/t15-/m1/s1. The number of carbonyl (C=O) groups excluding carboxylic acids is 1. The zero-order valence-corrected chi connectivity index (χ0v) is 19.3. The molecule has 0 aromatic carbocycles. The molecule has 6 heterocycles. The summed E-state index contributed by atoms with van der Waals surface area (Å²) in [6.07, 6.45) is 8.68. The molecule has 1 amide bonds. The van der Waals surface area contributed by atoms with Gasteiger partial charge in [-0.1, -0.05) is 6.58 Å². The van der Waals surface area contributed by atoms with Crippen molar-refractivity contribution in [3.8, 4) is 16.9 Å². The van der Waals surface area contributed by atoms with Gasteiger partial charge in [-0.25, -0.2) is 4.98 Å². The lowest BCUT2D eigenvalue weighted by Gasteiger charge is -2.51. The van der Waals surface area contributed by atoms with Crippen molar-refractivity contribution in [2.45, 2.75) is 25.0 Å². The Morgan fingerprint density at radius 3 is 2.79 bits per heavy atom. The van der Waals surface area contributed by atoms with Crippen LogP contribution < -0.4 is 10.1 Å². The number of ether oxygens (including phenoxy) is 1. The molecule has 9 nitrogen and oxygen atoms in total. The highest BCUT2D eigenvalue weighted by atomic mass is 16.5. The van der Waals surface area contributed by atoms with Crippen LogP contribution in [0.2, 0.25) is 0 Å². The van der Waals surface area contributed by atoms with E-state index in [1.807, 2.05) is 49.7 Å². The van der Waals surface area contributed by atoms with Crippen LogP contribution in [0.15, 0.2) is 49.6 Å². The summed E-state index contributed by atoms with van der Waals surface area (Å²) in [7, 11) is 1.91. The van der Waals surface area contributed by atoms with E-state index in [9.17, 15) is 4.79 Å². The first-order valence-electron chi connectivity index (χ1n) is 11.6. The van der Waals surface area contributed by atoms with E-state index in [0.717, 1.165) is 65.8 Å². The predicted molar refractivity (Wildman–Crippen MR) is 128 cm³/mol. The van der Waals surface area contributed by atoms with Gasteiger partial charge in [0.1, 0.15) is 11.9 Å². The van der Waals surface area contributed by atoms with Crippen LogP contribution in [-0.4, -0.2) is 67.7 Å². The van der Waals surface area contributed by atoms with E-state index in [1.54, 1.807) is 4.68 Å². The largest absolute Gasteiger partial charge is 0.482 e. The number of fused-ring (bicyclic) bond motifs is 2. The van der Waals surface area contributed by atoms with Gasteiger partial charge in [-0.15, -0.1) is 0 Å². The first kappa shape index (κ1) is 20.9. The van der Waals surface area contributed by atoms with Gasteiger partial charge >= 0.3 is 0 Å². The maximum Gasteiger partial charge on any atom is 0.246 e. The Morgan fingerprint density at radius 2 is 2.06 bits per heavy atom. The van der Waals surface area contributed by atoms with Crippen molar-refractivity contribution in [2.24, 2.45) is 7.05 Å². The number of hydrogen-bond acceptors (Lipinski definition) is 7. The highest BCUT2D eigenvalue weighted by Crippen LogP contribution is 2.43. The van der Waals surface area contributed by atoms with Gasteiger partial charge in [0.2, 0.25) is 5.91 Å². The molecule has 1 N–H and O–H groups in total. The summed E-state index contributed by atoms with van der Waals surface area (Å²) < 4.78 is 8.12. The van der Waals surface area contributed by atoms with Gasteiger partial charge in [0, 0.05) is 74.4 Å². The van der Waals surface area contributed by atoms with E-state index >= 15 is 0 Å². The second-order valence-electron chi connectivity index (χ2n) is 9.27. The molecule has 0 radical (unpaired) electrons. The maximum atomic E-state index is 11.7. The number of aromatic nitrogens is 4. The Hall–Kier alpha value is -3.72. The molecule has 9 heteroatoms. The number of aryl methyl sites for hydroxylation is 1. The molecule has 2 fully saturated rings. The first-order chi connectivity index (χ1) is 16.5. The average Bonchev–Trinajstić information content (AvgIpc) is 3.14. The smallest absolute Gasteiger partial charge is 0.246 e. The third-order valence-electron chi connectivity index (χ3n) is 7.05. The minimum Gasteiger partial charge on any atom is -0.482 e. The predicted octanol–water partition coefficient (Wildman–Crippen LogP) is 2.87. The summed E-state index contributed by atoms with van der Waals surface area (Å²) in [5.74, 6) is 1.90. The molecule has 0 aliphatic carbocycles. The van der Waals surface area contributed by atoms with Crippen molar-refractivity contribution in [2.75, 3.05) is 31.5 Å². The highest BCUT2D eigenvalue weighted by molar-refractivity contribution is 5.87. The number of carbonyl (C=O) groups is 1. The lowest BCUT2D eigenvalue weighted by molar-refractivity contribution is -0.134. The number of rotatable bonds is 4. The molecule has 6 rings (SSSR count). The summed E-state index contributed by atoms with van der Waals surface area (Å²) in [6, 6.07) is 4.53. The fourth-order valence-electron chi connectivity index (χ4n) is 5.04. The quantitative estimate of drug-likeness (QED) is 0.603. The summed E-state index contributed by atoms with van der Waals surface area (Å²) in [5, 5.41) is 7.82. The molecule has 3 aliphatic rings. The van der Waals surface area contributed by atoms with Crippen LogP contribution >= 0.6 is 0 Å². The topological polar surface area (TPSA) is 88.4 Å². The molecule has 3 aromatic rings. The lowest BCUT2D eigenvalue weighted by atomic mass is 9.91. The van der Waals surface area contributed by atoms with Crippen molar-refractivity contribution in [3.63, 3.8) is 0 Å². The van der Waals surface area contributed by atoms with Crippen LogP contribution in [0.3, 0.4) is 0 Å². The van der Waals surface area contributed by atoms with Gasteiger partial charge in [-0.2, -0.15) is 5.10 Å². The third-order valence-corrected chi connectivity index (χ3v) is 7.05. The number of amides is 1. The van der Waals surface area contributed by atoms with Crippen molar-refractivity contribution in [1.29, 1.82) is 0 Å². The molecule has 3 aromatic heterocycles. The maximum absolute atomic E-state index is 11.7. The van der Waals surface area contributed by atoms with Crippen molar-refractivity contribution in [1.82, 2.24) is 29.5 Å². The van der Waals surface area contributed by atoms with E-state index in [-0.39, 0.29) is 12.0 Å². The Bertz CT molecular complexity index is 1270. The van der Waals surface area contributed by atoms with E-state index < -0.39 is 0 Å². The van der Waals surface area contributed by atoms with Gasteiger partial charge < -0.3 is 15.0 Å². The lowest BCUT2D eigenvalue weighted by Crippen LogP contribution is -2.65. The molecule has 3 aliphatic heterocycles. The second kappa shape index (κ2) is 7.95. The molecule has 34 heavy (non-hydrogen) atoms. The number of pyridine rings is 2. The molecule has 0 bridgehead atoms. The molecule has 0 spiro atoms. The van der Waals surface area contributed by atoms with Crippen LogP contribution in [0.25, 0.3) is 11.1 Å². The van der Waals surface area contributed by atoms with Crippen LogP contribution in [0.1, 0.15) is 30.2 Å². The zero-order chi connectivity index (χ0) is 23.4. The summed E-state index contributed by atoms with van der Waals surface area (Å²) in [6.45, 7) is 9.06. The fourth-order valence-corrected chi connectivity index (χ4v) is 5.04. The van der Waals surface area contributed by atoms with Gasteiger partial charge in [0.05, 0.1) is 18.1 Å². The van der Waals surface area contributed by atoms with E-state index in [0.29, 0.717) is 12.0 Å². The van der Waals surface area contributed by atoms with Crippen LogP contribution in [-0.2, 0) is 11.8 Å². The second-order valence-corrected chi connectivity index (χ2v) is 9.27. The minimum absolute atomic E-state index is 0.0154. The Balaban J connectivity index is 1.20. The van der Waals surface area contributed by atoms with Crippen LogP contribution in [0, 0.1) is 0 Å². The molecule has 0 unspecified atom stereocenters. The molecular formula is C25H27N7O2. The van der Waals surface area contributed by atoms with Crippen LogP contribution in [0.4, 0.5) is 11.5 Å². The average molecular weight is 458 g/mol. The normalized spacial score (nSPS) is 20.2. The molecule has 2 saturated heterocycles. The van der Waals surface area contributed by atoms with E-state index in [2.05, 4.69) is 32.9 Å². The third kappa shape index (κ3) is 3.43. The summed E-state index contributed by atoms with van der Waals surface area (Å²) >= 11 is 0. The monoisotopic (exact) mass is 457 g/mol. The summed E-state index contributed by atoms with van der Waals surface area (Å²) in [5.41, 5.74) is 5.02. The van der Waals surface area contributed by atoms with E-state index in [1.165, 1.54) is 6.08 Å². The SMILES string of the molecule is C=CC(=O)N1CC(N2CC(c3cc4c(cn3)O[C@H](C)c3c(-c5cnn(C)c5)ccnc3N4)C2)C1. The number of nitrogens with zero attached hydrogens (tertiary/aromatic N) is 6. The van der Waals surface area contributed by atoms with E-state index in [4.69, 9.17) is 9.72 Å².